The van der Waals surface area contributed by atoms with Crippen LogP contribution in [0.25, 0.3) is 10.2 Å². The molecule has 0 bridgehead atoms. The number of nitrogens with two attached hydrogens (primary N) is 1. The summed E-state index contributed by atoms with van der Waals surface area (Å²) in [7, 11) is 0. The summed E-state index contributed by atoms with van der Waals surface area (Å²) in [5.41, 5.74) is 10.9. The highest BCUT2D eigenvalue weighted by Gasteiger charge is 2.05. The number of halogens is 1. The first kappa shape index (κ1) is 13.3. The zero-order valence-electron chi connectivity index (χ0n) is 10.3. The largest absolute Gasteiger partial charge is 0.389 e. The molecule has 20 heavy (non-hydrogen) atoms. The Morgan fingerprint density at radius 1 is 1.25 bits per heavy atom. The third-order valence-electron chi connectivity index (χ3n) is 2.86. The lowest BCUT2D eigenvalue weighted by molar-refractivity contribution is 1.49. The van der Waals surface area contributed by atoms with Crippen molar-refractivity contribution in [1.29, 1.82) is 0 Å². The SMILES string of the molecule is NC(=S)c1ccc(Nc2ccc3ncsc3c2)c(Cl)c1. The first-order chi connectivity index (χ1) is 9.63. The minimum atomic E-state index is 0.338. The smallest absolute Gasteiger partial charge is 0.104 e. The zero-order valence-corrected chi connectivity index (χ0v) is 12.6. The summed E-state index contributed by atoms with van der Waals surface area (Å²) >= 11 is 12.8. The predicted octanol–water partition coefficient (Wildman–Crippen LogP) is 4.33. The summed E-state index contributed by atoms with van der Waals surface area (Å²) in [5.74, 6) is 0. The maximum Gasteiger partial charge on any atom is 0.104 e. The molecule has 0 unspecified atom stereocenters. The zero-order chi connectivity index (χ0) is 14.1. The number of hydrogen-bond donors (Lipinski definition) is 2. The van der Waals surface area contributed by atoms with Crippen LogP contribution in [0.15, 0.2) is 41.9 Å². The van der Waals surface area contributed by atoms with Gasteiger partial charge in [0.2, 0.25) is 0 Å². The molecule has 2 aromatic carbocycles. The Bertz CT molecular complexity index is 798. The van der Waals surface area contributed by atoms with Crippen LogP contribution < -0.4 is 11.1 Å². The molecule has 0 spiro atoms. The molecule has 3 N–H and O–H groups in total. The molecule has 0 amide bonds. The average molecular weight is 320 g/mol. The van der Waals surface area contributed by atoms with E-state index in [2.05, 4.69) is 10.3 Å². The summed E-state index contributed by atoms with van der Waals surface area (Å²) in [5, 5.41) is 3.87. The van der Waals surface area contributed by atoms with Crippen molar-refractivity contribution in [2.45, 2.75) is 0 Å². The Labute approximate surface area is 130 Å². The van der Waals surface area contributed by atoms with Crippen molar-refractivity contribution in [3.05, 3.63) is 52.5 Å². The molecule has 1 heterocycles. The van der Waals surface area contributed by atoms with Crippen LogP contribution in [0.1, 0.15) is 5.56 Å². The molecule has 0 aliphatic heterocycles. The van der Waals surface area contributed by atoms with Crippen LogP contribution in [0, 0.1) is 0 Å². The van der Waals surface area contributed by atoms with E-state index in [1.165, 1.54) is 0 Å². The van der Waals surface area contributed by atoms with Gasteiger partial charge in [0.25, 0.3) is 0 Å². The molecule has 0 saturated heterocycles. The highest BCUT2D eigenvalue weighted by Crippen LogP contribution is 2.29. The van der Waals surface area contributed by atoms with Crippen molar-refractivity contribution < 1.29 is 0 Å². The molecule has 0 saturated carbocycles. The van der Waals surface area contributed by atoms with Crippen molar-refractivity contribution in [3.8, 4) is 0 Å². The summed E-state index contributed by atoms with van der Waals surface area (Å²) < 4.78 is 1.13. The Hall–Kier alpha value is -1.69. The van der Waals surface area contributed by atoms with E-state index in [4.69, 9.17) is 29.6 Å². The van der Waals surface area contributed by atoms with Gasteiger partial charge in [-0.25, -0.2) is 4.98 Å². The Kier molecular flexibility index (Phi) is 3.56. The number of fused-ring (bicyclic) bond motifs is 1. The number of benzene rings is 2. The van der Waals surface area contributed by atoms with Gasteiger partial charge in [-0.1, -0.05) is 23.8 Å². The minimum absolute atomic E-state index is 0.338. The summed E-state index contributed by atoms with van der Waals surface area (Å²) in [6, 6.07) is 11.5. The third kappa shape index (κ3) is 2.60. The van der Waals surface area contributed by atoms with Gasteiger partial charge >= 0.3 is 0 Å². The van der Waals surface area contributed by atoms with Gasteiger partial charge in [-0.05, 0) is 36.4 Å². The van der Waals surface area contributed by atoms with Crippen LogP contribution in [-0.4, -0.2) is 9.97 Å². The van der Waals surface area contributed by atoms with Crippen molar-refractivity contribution in [2.24, 2.45) is 5.73 Å². The average Bonchev–Trinajstić information content (AvgIpc) is 2.88. The van der Waals surface area contributed by atoms with Gasteiger partial charge in [0.1, 0.15) is 4.99 Å². The van der Waals surface area contributed by atoms with Crippen molar-refractivity contribution in [1.82, 2.24) is 4.98 Å². The number of hydrogen-bond acceptors (Lipinski definition) is 4. The number of thiazole rings is 1. The fraction of sp³-hybridized carbons (Fsp3) is 0. The molecular weight excluding hydrogens is 310 g/mol. The van der Waals surface area contributed by atoms with Crippen molar-refractivity contribution in [2.75, 3.05) is 5.32 Å². The van der Waals surface area contributed by atoms with Crippen LogP contribution in [-0.2, 0) is 0 Å². The van der Waals surface area contributed by atoms with Gasteiger partial charge in [0.15, 0.2) is 0 Å². The Morgan fingerprint density at radius 2 is 2.10 bits per heavy atom. The van der Waals surface area contributed by atoms with Crippen LogP contribution in [0.3, 0.4) is 0 Å². The highest BCUT2D eigenvalue weighted by atomic mass is 35.5. The van der Waals surface area contributed by atoms with Crippen LogP contribution in [0.2, 0.25) is 5.02 Å². The Morgan fingerprint density at radius 3 is 2.85 bits per heavy atom. The first-order valence-electron chi connectivity index (χ1n) is 5.83. The van der Waals surface area contributed by atoms with Gasteiger partial charge in [0, 0.05) is 11.3 Å². The van der Waals surface area contributed by atoms with Gasteiger partial charge in [0.05, 0.1) is 26.4 Å². The maximum absolute atomic E-state index is 6.23. The van der Waals surface area contributed by atoms with Crippen LogP contribution in [0.5, 0.6) is 0 Å². The highest BCUT2D eigenvalue weighted by molar-refractivity contribution is 7.80. The minimum Gasteiger partial charge on any atom is -0.389 e. The van der Waals surface area contributed by atoms with Crippen LogP contribution >= 0.6 is 35.2 Å². The second-order valence-corrected chi connectivity index (χ2v) is 5.95. The molecule has 3 aromatic rings. The summed E-state index contributed by atoms with van der Waals surface area (Å²) in [4.78, 5) is 4.59. The second-order valence-electron chi connectivity index (χ2n) is 4.22. The van der Waals surface area contributed by atoms with Gasteiger partial charge in [-0.15, -0.1) is 11.3 Å². The van der Waals surface area contributed by atoms with E-state index in [1.807, 2.05) is 35.8 Å². The molecule has 0 aliphatic rings. The van der Waals surface area contributed by atoms with E-state index < -0.39 is 0 Å². The van der Waals surface area contributed by atoms with E-state index in [1.54, 1.807) is 17.4 Å². The second kappa shape index (κ2) is 5.36. The van der Waals surface area contributed by atoms with Crippen molar-refractivity contribution >= 4 is 61.7 Å². The van der Waals surface area contributed by atoms with Gasteiger partial charge in [-0.3, -0.25) is 0 Å². The predicted molar refractivity (Wildman–Crippen MR) is 90.2 cm³/mol. The number of nitrogens with zero attached hydrogens (tertiary/aromatic N) is 1. The maximum atomic E-state index is 6.23. The van der Waals surface area contributed by atoms with E-state index in [0.717, 1.165) is 27.2 Å². The number of nitrogens with one attached hydrogen (secondary N) is 1. The number of aromatic nitrogens is 1. The fourth-order valence-electron chi connectivity index (χ4n) is 1.86. The standard InChI is InChI=1S/C14H10ClN3S2/c15-10-5-8(14(16)19)1-3-11(10)18-9-2-4-12-13(6-9)20-7-17-12/h1-7,18H,(H2,16,19). The van der Waals surface area contributed by atoms with Crippen LogP contribution in [0.4, 0.5) is 11.4 Å². The molecule has 1 aromatic heterocycles. The monoisotopic (exact) mass is 319 g/mol. The summed E-state index contributed by atoms with van der Waals surface area (Å²) in [6.45, 7) is 0. The molecule has 100 valence electrons. The number of rotatable bonds is 3. The molecule has 0 atom stereocenters. The van der Waals surface area contributed by atoms with E-state index in [9.17, 15) is 0 Å². The number of thiocarbonyl (C=S) groups is 1. The molecule has 3 nitrogen and oxygen atoms in total. The van der Waals surface area contributed by atoms with Gasteiger partial charge in [-0.2, -0.15) is 0 Å². The molecular formula is C14H10ClN3S2. The topological polar surface area (TPSA) is 50.9 Å². The molecule has 0 aliphatic carbocycles. The quantitative estimate of drug-likeness (QED) is 0.706. The van der Waals surface area contributed by atoms with Crippen molar-refractivity contribution in [3.63, 3.8) is 0 Å². The van der Waals surface area contributed by atoms with Gasteiger partial charge < -0.3 is 11.1 Å². The molecule has 0 radical (unpaired) electrons. The Balaban J connectivity index is 1.92. The normalized spacial score (nSPS) is 10.7. The fourth-order valence-corrected chi connectivity index (χ4v) is 2.93. The molecule has 6 heteroatoms. The lowest BCUT2D eigenvalue weighted by Gasteiger charge is -2.09. The molecule has 3 rings (SSSR count). The summed E-state index contributed by atoms with van der Waals surface area (Å²) in [6.07, 6.45) is 0. The van der Waals surface area contributed by atoms with E-state index >= 15 is 0 Å². The lowest BCUT2D eigenvalue weighted by atomic mass is 10.2. The van der Waals surface area contributed by atoms with E-state index in [0.29, 0.717) is 10.0 Å². The first-order valence-corrected chi connectivity index (χ1v) is 7.50. The molecule has 0 fully saturated rings. The lowest BCUT2D eigenvalue weighted by Crippen LogP contribution is -2.09. The number of anilines is 2. The third-order valence-corrected chi connectivity index (χ3v) is 4.20. The van der Waals surface area contributed by atoms with E-state index in [-0.39, 0.29) is 0 Å².